The molecule has 98 valence electrons. The molecule has 0 saturated carbocycles. The molecule has 0 aliphatic rings. The number of primary amides is 1. The van der Waals surface area contributed by atoms with Gasteiger partial charge in [-0.15, -0.1) is 0 Å². The highest BCUT2D eigenvalue weighted by Gasteiger charge is 1.99. The molecule has 0 unspecified atom stereocenters. The van der Waals surface area contributed by atoms with Crippen LogP contribution < -0.4 is 11.1 Å². The summed E-state index contributed by atoms with van der Waals surface area (Å²) < 4.78 is 0. The lowest BCUT2D eigenvalue weighted by Gasteiger charge is -2.06. The number of nitrogens with two attached hydrogens (primary N) is 1. The molecule has 19 heavy (non-hydrogen) atoms. The van der Waals surface area contributed by atoms with Gasteiger partial charge in [0.25, 0.3) is 0 Å². The van der Waals surface area contributed by atoms with Crippen molar-refractivity contribution < 1.29 is 4.79 Å². The van der Waals surface area contributed by atoms with Crippen molar-refractivity contribution in [2.24, 2.45) is 5.73 Å². The zero-order valence-electron chi connectivity index (χ0n) is 11.0. The largest absolute Gasteiger partial charge is 0.369 e. The molecule has 0 radical (unpaired) electrons. The summed E-state index contributed by atoms with van der Waals surface area (Å²) in [5.41, 5.74) is 9.87. The van der Waals surface area contributed by atoms with E-state index in [-0.39, 0.29) is 12.5 Å². The predicted molar refractivity (Wildman–Crippen MR) is 77.5 cm³/mol. The first kappa shape index (κ1) is 13.3. The predicted octanol–water partition coefficient (Wildman–Crippen LogP) is 2.24. The Kier molecular flexibility index (Phi) is 4.31. The molecule has 0 aliphatic heterocycles. The van der Waals surface area contributed by atoms with Crippen molar-refractivity contribution in [3.05, 3.63) is 59.7 Å². The van der Waals surface area contributed by atoms with Crippen molar-refractivity contribution in [2.75, 3.05) is 6.54 Å². The van der Waals surface area contributed by atoms with Gasteiger partial charge in [-0.25, -0.2) is 0 Å². The van der Waals surface area contributed by atoms with Gasteiger partial charge in [0.05, 0.1) is 6.54 Å². The first-order valence-electron chi connectivity index (χ1n) is 6.30. The second kappa shape index (κ2) is 6.16. The number of hydrogen-bond acceptors (Lipinski definition) is 2. The van der Waals surface area contributed by atoms with Crippen LogP contribution in [0.2, 0.25) is 0 Å². The third-order valence-corrected chi connectivity index (χ3v) is 2.97. The summed E-state index contributed by atoms with van der Waals surface area (Å²) in [4.78, 5) is 10.6. The number of aryl methyl sites for hydroxylation is 1. The minimum absolute atomic E-state index is 0.208. The second-order valence-corrected chi connectivity index (χ2v) is 4.63. The van der Waals surface area contributed by atoms with Gasteiger partial charge >= 0.3 is 0 Å². The Morgan fingerprint density at radius 3 is 2.05 bits per heavy atom. The number of carbonyl (C=O) groups is 1. The molecule has 0 bridgehead atoms. The average Bonchev–Trinajstić information content (AvgIpc) is 2.40. The first-order valence-corrected chi connectivity index (χ1v) is 6.30. The van der Waals surface area contributed by atoms with Crippen LogP contribution >= 0.6 is 0 Å². The highest BCUT2D eigenvalue weighted by Crippen LogP contribution is 2.20. The topological polar surface area (TPSA) is 55.1 Å². The lowest BCUT2D eigenvalue weighted by molar-refractivity contribution is -0.117. The molecule has 3 nitrogen and oxygen atoms in total. The van der Waals surface area contributed by atoms with Crippen LogP contribution in [0.3, 0.4) is 0 Å². The van der Waals surface area contributed by atoms with Crippen LogP contribution in [-0.2, 0) is 11.3 Å². The third-order valence-electron chi connectivity index (χ3n) is 2.97. The SMILES string of the molecule is Cc1ccc(-c2ccc(CNCC(N)=O)cc2)cc1. The van der Waals surface area contributed by atoms with Gasteiger partial charge in [-0.1, -0.05) is 54.1 Å². The van der Waals surface area contributed by atoms with Crippen LogP contribution in [-0.4, -0.2) is 12.5 Å². The summed E-state index contributed by atoms with van der Waals surface area (Å²) in [7, 11) is 0. The van der Waals surface area contributed by atoms with Gasteiger partial charge < -0.3 is 11.1 Å². The fraction of sp³-hybridized carbons (Fsp3) is 0.188. The zero-order chi connectivity index (χ0) is 13.7. The van der Waals surface area contributed by atoms with Crippen LogP contribution in [0.15, 0.2) is 48.5 Å². The minimum Gasteiger partial charge on any atom is -0.369 e. The van der Waals surface area contributed by atoms with Crippen molar-refractivity contribution in [2.45, 2.75) is 13.5 Å². The average molecular weight is 254 g/mol. The summed E-state index contributed by atoms with van der Waals surface area (Å²) >= 11 is 0. The molecule has 0 heterocycles. The van der Waals surface area contributed by atoms with E-state index in [2.05, 4.69) is 60.8 Å². The van der Waals surface area contributed by atoms with E-state index in [1.54, 1.807) is 0 Å². The van der Waals surface area contributed by atoms with E-state index in [9.17, 15) is 4.79 Å². The Balaban J connectivity index is 2.02. The van der Waals surface area contributed by atoms with E-state index < -0.39 is 0 Å². The lowest BCUT2D eigenvalue weighted by Crippen LogP contribution is -2.28. The quantitative estimate of drug-likeness (QED) is 0.859. The maximum atomic E-state index is 10.6. The number of nitrogens with one attached hydrogen (secondary N) is 1. The van der Waals surface area contributed by atoms with Gasteiger partial charge in [-0.2, -0.15) is 0 Å². The molecule has 0 fully saturated rings. The minimum atomic E-state index is -0.337. The summed E-state index contributed by atoms with van der Waals surface area (Å²) in [5, 5.41) is 2.99. The highest BCUT2D eigenvalue weighted by atomic mass is 16.1. The highest BCUT2D eigenvalue weighted by molar-refractivity contribution is 5.75. The van der Waals surface area contributed by atoms with Crippen molar-refractivity contribution >= 4 is 5.91 Å². The van der Waals surface area contributed by atoms with Crippen LogP contribution in [0.25, 0.3) is 11.1 Å². The maximum Gasteiger partial charge on any atom is 0.231 e. The van der Waals surface area contributed by atoms with Gasteiger partial charge in [-0.05, 0) is 23.6 Å². The number of amides is 1. The standard InChI is InChI=1S/C16H18N2O/c1-12-2-6-14(7-3-12)15-8-4-13(5-9-15)10-18-11-16(17)19/h2-9,18H,10-11H2,1H3,(H2,17,19). The maximum absolute atomic E-state index is 10.6. The smallest absolute Gasteiger partial charge is 0.231 e. The molecular formula is C16H18N2O. The van der Waals surface area contributed by atoms with Crippen LogP contribution in [0, 0.1) is 6.92 Å². The summed E-state index contributed by atoms with van der Waals surface area (Å²) in [6.45, 7) is 2.94. The molecule has 2 rings (SSSR count). The van der Waals surface area contributed by atoms with Crippen molar-refractivity contribution in [3.63, 3.8) is 0 Å². The van der Waals surface area contributed by atoms with Gasteiger partial charge in [-0.3, -0.25) is 4.79 Å². The summed E-state index contributed by atoms with van der Waals surface area (Å²) in [5.74, 6) is -0.337. The fourth-order valence-corrected chi connectivity index (χ4v) is 1.89. The summed E-state index contributed by atoms with van der Waals surface area (Å²) in [6, 6.07) is 16.8. The van der Waals surface area contributed by atoms with Crippen molar-refractivity contribution in [1.29, 1.82) is 0 Å². The first-order chi connectivity index (χ1) is 9.15. The molecule has 0 saturated heterocycles. The van der Waals surface area contributed by atoms with E-state index in [0.29, 0.717) is 6.54 Å². The summed E-state index contributed by atoms with van der Waals surface area (Å²) in [6.07, 6.45) is 0. The second-order valence-electron chi connectivity index (χ2n) is 4.63. The molecule has 3 heteroatoms. The van der Waals surface area contributed by atoms with Gasteiger partial charge in [0.1, 0.15) is 0 Å². The Morgan fingerprint density at radius 1 is 1.00 bits per heavy atom. The van der Waals surface area contributed by atoms with Gasteiger partial charge in [0.15, 0.2) is 0 Å². The Labute approximate surface area is 113 Å². The molecule has 3 N–H and O–H groups in total. The van der Waals surface area contributed by atoms with E-state index in [4.69, 9.17) is 5.73 Å². The van der Waals surface area contributed by atoms with Crippen LogP contribution in [0.4, 0.5) is 0 Å². The van der Waals surface area contributed by atoms with Crippen molar-refractivity contribution in [1.82, 2.24) is 5.32 Å². The molecule has 0 atom stereocenters. The Bertz CT molecular complexity index is 544. The van der Waals surface area contributed by atoms with Gasteiger partial charge in [0, 0.05) is 6.54 Å². The monoisotopic (exact) mass is 254 g/mol. The molecule has 0 aromatic heterocycles. The van der Waals surface area contributed by atoms with Crippen molar-refractivity contribution in [3.8, 4) is 11.1 Å². The fourth-order valence-electron chi connectivity index (χ4n) is 1.89. The molecule has 2 aromatic carbocycles. The van der Waals surface area contributed by atoms with E-state index >= 15 is 0 Å². The third kappa shape index (κ3) is 3.93. The zero-order valence-corrected chi connectivity index (χ0v) is 11.0. The molecular weight excluding hydrogens is 236 g/mol. The van der Waals surface area contributed by atoms with Crippen LogP contribution in [0.1, 0.15) is 11.1 Å². The number of carbonyl (C=O) groups excluding carboxylic acids is 1. The lowest BCUT2D eigenvalue weighted by atomic mass is 10.0. The van der Waals surface area contributed by atoms with Crippen LogP contribution in [0.5, 0.6) is 0 Å². The number of rotatable bonds is 5. The Hall–Kier alpha value is -2.13. The molecule has 1 amide bonds. The molecule has 0 aliphatic carbocycles. The normalized spacial score (nSPS) is 10.4. The van der Waals surface area contributed by atoms with E-state index in [0.717, 1.165) is 5.56 Å². The molecule has 2 aromatic rings. The number of benzene rings is 2. The number of hydrogen-bond donors (Lipinski definition) is 2. The molecule has 0 spiro atoms. The Morgan fingerprint density at radius 2 is 1.53 bits per heavy atom. The van der Waals surface area contributed by atoms with Gasteiger partial charge in [0.2, 0.25) is 5.91 Å². The van der Waals surface area contributed by atoms with E-state index in [1.807, 2.05) is 0 Å². The van der Waals surface area contributed by atoms with E-state index in [1.165, 1.54) is 16.7 Å².